The second-order valence-corrected chi connectivity index (χ2v) is 5.12. The third kappa shape index (κ3) is 3.03. The van der Waals surface area contributed by atoms with Gasteiger partial charge in [-0.1, -0.05) is 12.1 Å². The lowest BCUT2D eigenvalue weighted by Crippen LogP contribution is -2.16. The van der Waals surface area contributed by atoms with Gasteiger partial charge in [-0.25, -0.2) is 4.98 Å². The van der Waals surface area contributed by atoms with E-state index in [2.05, 4.69) is 10.3 Å². The second kappa shape index (κ2) is 5.88. The van der Waals surface area contributed by atoms with Crippen LogP contribution in [-0.2, 0) is 6.54 Å². The van der Waals surface area contributed by atoms with E-state index in [0.717, 1.165) is 5.56 Å². The number of nitrogens with one attached hydrogen (secondary N) is 1. The zero-order chi connectivity index (χ0) is 16.4. The van der Waals surface area contributed by atoms with Crippen molar-refractivity contribution in [2.45, 2.75) is 13.5 Å². The van der Waals surface area contributed by atoms with E-state index in [1.54, 1.807) is 24.4 Å². The zero-order valence-corrected chi connectivity index (χ0v) is 12.4. The molecule has 3 aromatic rings. The Hall–Kier alpha value is -3.22. The summed E-state index contributed by atoms with van der Waals surface area (Å²) in [5, 5.41) is 14.0. The highest BCUT2D eigenvalue weighted by molar-refractivity contribution is 5.57. The standard InChI is InChI=1S/C16H14N4O3/c1-11-5-6-13(20(22)23)9-14(11)17-10-12-8-16(21)19-7-3-2-4-15(19)18-12/h2-9,17H,10H2,1H3. The van der Waals surface area contributed by atoms with Gasteiger partial charge < -0.3 is 5.32 Å². The second-order valence-electron chi connectivity index (χ2n) is 5.12. The number of rotatable bonds is 4. The molecule has 3 rings (SSSR count). The Balaban J connectivity index is 1.88. The molecular formula is C16H14N4O3. The maximum absolute atomic E-state index is 12.0. The average Bonchev–Trinajstić information content (AvgIpc) is 2.54. The van der Waals surface area contributed by atoms with Gasteiger partial charge in [-0.3, -0.25) is 19.3 Å². The lowest BCUT2D eigenvalue weighted by molar-refractivity contribution is -0.384. The molecule has 2 aromatic heterocycles. The Kier molecular flexibility index (Phi) is 3.76. The first-order valence-corrected chi connectivity index (χ1v) is 7.01. The Morgan fingerprint density at radius 1 is 1.26 bits per heavy atom. The van der Waals surface area contributed by atoms with E-state index in [1.807, 2.05) is 13.0 Å². The van der Waals surface area contributed by atoms with Crippen molar-refractivity contribution in [1.29, 1.82) is 0 Å². The summed E-state index contributed by atoms with van der Waals surface area (Å²) >= 11 is 0. The Morgan fingerprint density at radius 2 is 2.09 bits per heavy atom. The van der Waals surface area contributed by atoms with Crippen LogP contribution in [0.5, 0.6) is 0 Å². The highest BCUT2D eigenvalue weighted by Crippen LogP contribution is 2.22. The van der Waals surface area contributed by atoms with Crippen LogP contribution in [0.15, 0.2) is 53.5 Å². The fourth-order valence-electron chi connectivity index (χ4n) is 2.29. The van der Waals surface area contributed by atoms with Crippen LogP contribution in [0.2, 0.25) is 0 Å². The van der Waals surface area contributed by atoms with Crippen molar-refractivity contribution in [3.63, 3.8) is 0 Å². The molecule has 1 N–H and O–H groups in total. The molecule has 7 nitrogen and oxygen atoms in total. The van der Waals surface area contributed by atoms with Crippen LogP contribution in [-0.4, -0.2) is 14.3 Å². The zero-order valence-electron chi connectivity index (χ0n) is 12.4. The number of anilines is 1. The van der Waals surface area contributed by atoms with Crippen molar-refractivity contribution in [1.82, 2.24) is 9.38 Å². The van der Waals surface area contributed by atoms with Gasteiger partial charge in [0.2, 0.25) is 0 Å². The minimum absolute atomic E-state index is 0.0182. The van der Waals surface area contributed by atoms with Gasteiger partial charge in [0.15, 0.2) is 0 Å². The molecule has 0 unspecified atom stereocenters. The first-order valence-electron chi connectivity index (χ1n) is 7.01. The van der Waals surface area contributed by atoms with Crippen LogP contribution in [0.1, 0.15) is 11.3 Å². The van der Waals surface area contributed by atoms with Gasteiger partial charge in [-0.2, -0.15) is 0 Å². The molecule has 116 valence electrons. The van der Waals surface area contributed by atoms with Gasteiger partial charge in [-0.15, -0.1) is 0 Å². The summed E-state index contributed by atoms with van der Waals surface area (Å²) < 4.78 is 1.46. The van der Waals surface area contributed by atoms with E-state index >= 15 is 0 Å². The van der Waals surface area contributed by atoms with E-state index in [0.29, 0.717) is 23.6 Å². The van der Waals surface area contributed by atoms with Gasteiger partial charge in [-0.05, 0) is 24.6 Å². The molecular weight excluding hydrogens is 296 g/mol. The van der Waals surface area contributed by atoms with Crippen LogP contribution >= 0.6 is 0 Å². The van der Waals surface area contributed by atoms with Gasteiger partial charge >= 0.3 is 0 Å². The number of hydrogen-bond acceptors (Lipinski definition) is 5. The SMILES string of the molecule is Cc1ccc([N+](=O)[O-])cc1NCc1cc(=O)n2ccccc2n1. The molecule has 0 aliphatic rings. The molecule has 0 bridgehead atoms. The van der Waals surface area contributed by atoms with Gasteiger partial charge in [0.05, 0.1) is 17.2 Å². The minimum atomic E-state index is -0.439. The fourth-order valence-corrected chi connectivity index (χ4v) is 2.29. The van der Waals surface area contributed by atoms with Crippen molar-refractivity contribution in [2.24, 2.45) is 0 Å². The molecule has 0 saturated carbocycles. The van der Waals surface area contributed by atoms with E-state index < -0.39 is 4.92 Å². The van der Waals surface area contributed by atoms with Crippen LogP contribution in [0.3, 0.4) is 0 Å². The maximum Gasteiger partial charge on any atom is 0.271 e. The molecule has 0 fully saturated rings. The van der Waals surface area contributed by atoms with Crippen LogP contribution < -0.4 is 10.9 Å². The van der Waals surface area contributed by atoms with Crippen molar-refractivity contribution in [3.05, 3.63) is 80.4 Å². The number of pyridine rings is 1. The number of fused-ring (bicyclic) bond motifs is 1. The number of nitro benzene ring substituents is 1. The van der Waals surface area contributed by atoms with Crippen molar-refractivity contribution < 1.29 is 4.92 Å². The molecule has 23 heavy (non-hydrogen) atoms. The smallest absolute Gasteiger partial charge is 0.271 e. The number of non-ortho nitro benzene ring substituents is 1. The third-order valence-corrected chi connectivity index (χ3v) is 3.52. The number of hydrogen-bond donors (Lipinski definition) is 1. The first-order chi connectivity index (χ1) is 11.0. The molecule has 0 aliphatic heterocycles. The molecule has 0 atom stereocenters. The maximum atomic E-state index is 12.0. The summed E-state index contributed by atoms with van der Waals surface area (Å²) in [5.74, 6) is 0. The highest BCUT2D eigenvalue weighted by atomic mass is 16.6. The van der Waals surface area contributed by atoms with Crippen molar-refractivity contribution in [2.75, 3.05) is 5.32 Å². The Bertz CT molecular complexity index is 949. The first kappa shape index (κ1) is 14.7. The molecule has 1 aromatic carbocycles. The summed E-state index contributed by atoms with van der Waals surface area (Å²) in [6.45, 7) is 2.16. The molecule has 0 spiro atoms. The Morgan fingerprint density at radius 3 is 2.87 bits per heavy atom. The molecule has 7 heteroatoms. The van der Waals surface area contributed by atoms with Gasteiger partial charge in [0.25, 0.3) is 11.2 Å². The van der Waals surface area contributed by atoms with Crippen molar-refractivity contribution in [3.8, 4) is 0 Å². The molecule has 0 aliphatic carbocycles. The van der Waals surface area contributed by atoms with E-state index in [-0.39, 0.29) is 11.2 Å². The predicted molar refractivity (Wildman–Crippen MR) is 86.6 cm³/mol. The normalized spacial score (nSPS) is 10.7. The van der Waals surface area contributed by atoms with Gasteiger partial charge in [0.1, 0.15) is 5.65 Å². The summed E-state index contributed by atoms with van der Waals surface area (Å²) in [6.07, 6.45) is 1.66. The van der Waals surface area contributed by atoms with Crippen LogP contribution in [0.4, 0.5) is 11.4 Å². The van der Waals surface area contributed by atoms with E-state index in [9.17, 15) is 14.9 Å². The third-order valence-electron chi connectivity index (χ3n) is 3.52. The summed E-state index contributed by atoms with van der Waals surface area (Å²) in [6, 6.07) is 11.4. The topological polar surface area (TPSA) is 89.5 Å². The van der Waals surface area contributed by atoms with Gasteiger partial charge in [0, 0.05) is 30.1 Å². The lowest BCUT2D eigenvalue weighted by atomic mass is 10.2. The number of aryl methyl sites for hydroxylation is 1. The fraction of sp³-hybridized carbons (Fsp3) is 0.125. The summed E-state index contributed by atoms with van der Waals surface area (Å²) in [7, 11) is 0. The quantitative estimate of drug-likeness (QED) is 0.591. The Labute approximate surface area is 131 Å². The molecule has 2 heterocycles. The number of benzene rings is 1. The van der Waals surface area contributed by atoms with Crippen molar-refractivity contribution >= 4 is 17.0 Å². The lowest BCUT2D eigenvalue weighted by Gasteiger charge is -2.09. The average molecular weight is 310 g/mol. The van der Waals surface area contributed by atoms with Crippen LogP contribution in [0, 0.1) is 17.0 Å². The molecule has 0 radical (unpaired) electrons. The number of aromatic nitrogens is 2. The van der Waals surface area contributed by atoms with E-state index in [4.69, 9.17) is 0 Å². The van der Waals surface area contributed by atoms with Crippen LogP contribution in [0.25, 0.3) is 5.65 Å². The monoisotopic (exact) mass is 310 g/mol. The number of nitrogens with zero attached hydrogens (tertiary/aromatic N) is 3. The highest BCUT2D eigenvalue weighted by Gasteiger charge is 2.09. The molecule has 0 saturated heterocycles. The largest absolute Gasteiger partial charge is 0.379 e. The van der Waals surface area contributed by atoms with E-state index in [1.165, 1.54) is 22.6 Å². The summed E-state index contributed by atoms with van der Waals surface area (Å²) in [5.41, 5.74) is 2.52. The number of nitro groups is 1. The predicted octanol–water partition coefficient (Wildman–Crippen LogP) is 2.52. The summed E-state index contributed by atoms with van der Waals surface area (Å²) in [4.78, 5) is 26.8. The minimum Gasteiger partial charge on any atom is -0.379 e. The molecule has 0 amide bonds.